The lowest BCUT2D eigenvalue weighted by Gasteiger charge is -2.07. The maximum absolute atomic E-state index is 10.6. The zero-order valence-corrected chi connectivity index (χ0v) is 9.00. The second-order valence-electron chi connectivity index (χ2n) is 3.54. The molecule has 1 unspecified atom stereocenters. The second kappa shape index (κ2) is 5.09. The van der Waals surface area contributed by atoms with Gasteiger partial charge in [0.1, 0.15) is 0 Å². The summed E-state index contributed by atoms with van der Waals surface area (Å²) in [5.74, 6) is 0.440. The van der Waals surface area contributed by atoms with Crippen LogP contribution in [0.15, 0.2) is 24.3 Å². The third-order valence-corrected chi connectivity index (χ3v) is 2.61. The van der Waals surface area contributed by atoms with E-state index in [2.05, 4.69) is 5.32 Å². The van der Waals surface area contributed by atoms with Gasteiger partial charge in [0.05, 0.1) is 4.92 Å². The molecular formula is C10H13ClN2O2. The van der Waals surface area contributed by atoms with Gasteiger partial charge in [-0.2, -0.15) is 0 Å². The fourth-order valence-electron chi connectivity index (χ4n) is 1.83. The lowest BCUT2D eigenvalue weighted by Crippen LogP contribution is -2.08. The van der Waals surface area contributed by atoms with Gasteiger partial charge < -0.3 is 5.32 Å². The van der Waals surface area contributed by atoms with E-state index in [9.17, 15) is 10.1 Å². The van der Waals surface area contributed by atoms with Gasteiger partial charge in [0.25, 0.3) is 5.69 Å². The monoisotopic (exact) mass is 228 g/mol. The van der Waals surface area contributed by atoms with Gasteiger partial charge in [-0.3, -0.25) is 10.1 Å². The molecule has 15 heavy (non-hydrogen) atoms. The lowest BCUT2D eigenvalue weighted by atomic mass is 9.98. The first-order valence-corrected chi connectivity index (χ1v) is 4.72. The molecule has 82 valence electrons. The summed E-state index contributed by atoms with van der Waals surface area (Å²) in [5, 5.41) is 13.8. The van der Waals surface area contributed by atoms with Crippen molar-refractivity contribution in [3.8, 4) is 0 Å². The Morgan fingerprint density at radius 3 is 2.87 bits per heavy atom. The summed E-state index contributed by atoms with van der Waals surface area (Å²) in [6, 6.07) is 6.93. The average molecular weight is 229 g/mol. The van der Waals surface area contributed by atoms with E-state index < -0.39 is 0 Å². The first-order chi connectivity index (χ1) is 6.77. The number of rotatable bonds is 2. The highest BCUT2D eigenvalue weighted by molar-refractivity contribution is 5.85. The number of nitrogens with zero attached hydrogens (tertiary/aromatic N) is 1. The smallest absolute Gasteiger partial charge is 0.269 e. The minimum Gasteiger partial charge on any atom is -0.316 e. The van der Waals surface area contributed by atoms with Gasteiger partial charge in [0.2, 0.25) is 0 Å². The van der Waals surface area contributed by atoms with Gasteiger partial charge in [-0.15, -0.1) is 12.4 Å². The number of nitrogens with one attached hydrogen (secondary N) is 1. The Morgan fingerprint density at radius 2 is 2.27 bits per heavy atom. The molecule has 2 rings (SSSR count). The maximum Gasteiger partial charge on any atom is 0.269 e. The largest absolute Gasteiger partial charge is 0.316 e. The Hall–Kier alpha value is -1.13. The van der Waals surface area contributed by atoms with Crippen molar-refractivity contribution in [2.75, 3.05) is 13.1 Å². The second-order valence-corrected chi connectivity index (χ2v) is 3.54. The molecule has 1 fully saturated rings. The van der Waals surface area contributed by atoms with Gasteiger partial charge >= 0.3 is 0 Å². The van der Waals surface area contributed by atoms with Gasteiger partial charge in [0, 0.05) is 18.7 Å². The van der Waals surface area contributed by atoms with Crippen LogP contribution < -0.4 is 5.32 Å². The van der Waals surface area contributed by atoms with Crippen molar-refractivity contribution in [2.24, 2.45) is 0 Å². The molecule has 0 bridgehead atoms. The summed E-state index contributed by atoms with van der Waals surface area (Å²) in [4.78, 5) is 10.2. The third-order valence-electron chi connectivity index (χ3n) is 2.61. The number of benzene rings is 1. The summed E-state index contributed by atoms with van der Waals surface area (Å²) >= 11 is 0. The van der Waals surface area contributed by atoms with Crippen LogP contribution in [-0.2, 0) is 0 Å². The SMILES string of the molecule is Cl.O=[N+]([O-])c1cccc(C2CCNC2)c1. The molecule has 0 saturated carbocycles. The van der Waals surface area contributed by atoms with Crippen molar-refractivity contribution < 1.29 is 4.92 Å². The molecule has 0 aliphatic carbocycles. The zero-order valence-electron chi connectivity index (χ0n) is 8.18. The van der Waals surface area contributed by atoms with Crippen molar-refractivity contribution in [3.63, 3.8) is 0 Å². The lowest BCUT2D eigenvalue weighted by molar-refractivity contribution is -0.384. The maximum atomic E-state index is 10.6. The molecule has 1 aliphatic heterocycles. The highest BCUT2D eigenvalue weighted by Crippen LogP contribution is 2.25. The average Bonchev–Trinajstić information content (AvgIpc) is 2.71. The van der Waals surface area contributed by atoms with Crippen LogP contribution in [0.1, 0.15) is 17.9 Å². The van der Waals surface area contributed by atoms with Gasteiger partial charge in [-0.05, 0) is 24.4 Å². The van der Waals surface area contributed by atoms with Crippen LogP contribution in [0.25, 0.3) is 0 Å². The van der Waals surface area contributed by atoms with Gasteiger partial charge in [-0.1, -0.05) is 12.1 Å². The Kier molecular flexibility index (Phi) is 4.05. The Morgan fingerprint density at radius 1 is 1.47 bits per heavy atom. The molecule has 1 aliphatic rings. The van der Waals surface area contributed by atoms with Crippen LogP contribution >= 0.6 is 12.4 Å². The molecule has 0 spiro atoms. The molecule has 0 amide bonds. The van der Waals surface area contributed by atoms with Gasteiger partial charge in [0.15, 0.2) is 0 Å². The van der Waals surface area contributed by atoms with Crippen LogP contribution in [0.4, 0.5) is 5.69 Å². The number of hydrogen-bond donors (Lipinski definition) is 1. The van der Waals surface area contributed by atoms with Crippen LogP contribution in [-0.4, -0.2) is 18.0 Å². The first kappa shape index (κ1) is 11.9. The Labute approximate surface area is 94.2 Å². The van der Waals surface area contributed by atoms with Crippen LogP contribution in [0.5, 0.6) is 0 Å². The van der Waals surface area contributed by atoms with Crippen LogP contribution in [0, 0.1) is 10.1 Å². The molecule has 4 nitrogen and oxygen atoms in total. The molecule has 1 atom stereocenters. The van der Waals surface area contributed by atoms with E-state index in [1.54, 1.807) is 12.1 Å². The first-order valence-electron chi connectivity index (χ1n) is 4.72. The number of halogens is 1. The quantitative estimate of drug-likeness (QED) is 0.623. The van der Waals surface area contributed by atoms with E-state index in [1.807, 2.05) is 6.07 Å². The van der Waals surface area contributed by atoms with E-state index in [0.717, 1.165) is 25.1 Å². The van der Waals surface area contributed by atoms with E-state index in [0.29, 0.717) is 5.92 Å². The number of nitro benzene ring substituents is 1. The highest BCUT2D eigenvalue weighted by atomic mass is 35.5. The van der Waals surface area contributed by atoms with E-state index >= 15 is 0 Å². The molecule has 1 aromatic rings. The summed E-state index contributed by atoms with van der Waals surface area (Å²) in [6.07, 6.45) is 1.07. The zero-order chi connectivity index (χ0) is 9.97. The standard InChI is InChI=1S/C10H12N2O2.ClH/c13-12(14)10-3-1-2-8(6-10)9-4-5-11-7-9;/h1-3,6,9,11H,4-5,7H2;1H. The molecular weight excluding hydrogens is 216 g/mol. The minimum atomic E-state index is -0.341. The Bertz CT molecular complexity index is 351. The molecule has 0 radical (unpaired) electrons. The third kappa shape index (κ3) is 2.67. The number of hydrogen-bond acceptors (Lipinski definition) is 3. The fraction of sp³-hybridized carbons (Fsp3) is 0.400. The van der Waals surface area contributed by atoms with Crippen LogP contribution in [0.3, 0.4) is 0 Å². The highest BCUT2D eigenvalue weighted by Gasteiger charge is 2.18. The summed E-state index contributed by atoms with van der Waals surface area (Å²) in [5.41, 5.74) is 1.26. The topological polar surface area (TPSA) is 55.2 Å². The van der Waals surface area contributed by atoms with E-state index in [1.165, 1.54) is 6.07 Å². The number of nitro groups is 1. The number of non-ortho nitro benzene ring substituents is 1. The van der Waals surface area contributed by atoms with Crippen molar-refractivity contribution in [3.05, 3.63) is 39.9 Å². The summed E-state index contributed by atoms with van der Waals surface area (Å²) in [7, 11) is 0. The molecule has 1 N–H and O–H groups in total. The summed E-state index contributed by atoms with van der Waals surface area (Å²) in [6.45, 7) is 1.94. The van der Waals surface area contributed by atoms with Crippen LogP contribution in [0.2, 0.25) is 0 Å². The molecule has 1 aromatic carbocycles. The fourth-order valence-corrected chi connectivity index (χ4v) is 1.83. The minimum absolute atomic E-state index is 0. The molecule has 1 heterocycles. The van der Waals surface area contributed by atoms with Crippen molar-refractivity contribution >= 4 is 18.1 Å². The molecule has 1 saturated heterocycles. The van der Waals surface area contributed by atoms with E-state index in [-0.39, 0.29) is 23.0 Å². The predicted octanol–water partition coefficient (Wildman–Crippen LogP) is 2.09. The summed E-state index contributed by atoms with van der Waals surface area (Å²) < 4.78 is 0. The van der Waals surface area contributed by atoms with Crippen molar-refractivity contribution in [1.29, 1.82) is 0 Å². The van der Waals surface area contributed by atoms with E-state index in [4.69, 9.17) is 0 Å². The van der Waals surface area contributed by atoms with Crippen molar-refractivity contribution in [2.45, 2.75) is 12.3 Å². The van der Waals surface area contributed by atoms with Gasteiger partial charge in [-0.25, -0.2) is 0 Å². The predicted molar refractivity (Wildman–Crippen MR) is 60.6 cm³/mol. The molecule has 5 heteroatoms. The normalized spacial score (nSPS) is 19.6. The Balaban J connectivity index is 0.00000112. The van der Waals surface area contributed by atoms with Crippen molar-refractivity contribution in [1.82, 2.24) is 5.32 Å². The molecule has 0 aromatic heterocycles.